The Kier molecular flexibility index (Phi) is 5.12. The first-order valence-electron chi connectivity index (χ1n) is 8.16. The quantitative estimate of drug-likeness (QED) is 0.718. The van der Waals surface area contributed by atoms with Crippen LogP contribution in [-0.4, -0.2) is 28.0 Å². The van der Waals surface area contributed by atoms with Crippen molar-refractivity contribution in [3.8, 4) is 5.69 Å². The number of hydrogen-bond donors (Lipinski definition) is 1. The molecule has 0 bridgehead atoms. The molecule has 6 heteroatoms. The van der Waals surface area contributed by atoms with Gasteiger partial charge in [0.15, 0.2) is 12.3 Å². The number of nitrogens with one attached hydrogen (secondary N) is 1. The average molecular weight is 349 g/mol. The van der Waals surface area contributed by atoms with Gasteiger partial charge in [0.25, 0.3) is 5.91 Å². The molecule has 2 aromatic carbocycles. The summed E-state index contributed by atoms with van der Waals surface area (Å²) in [6, 6.07) is 15.0. The maximum atomic E-state index is 12.3. The average Bonchev–Trinajstić information content (AvgIpc) is 3.13. The maximum absolute atomic E-state index is 12.3. The standard InChI is InChI=1S/C20H19N3O3/c1-14-8-9-17(15(2)10-14)22-19(24)12-26-20(25)18-11-21-13-23(18)16-6-4-3-5-7-16/h3-11,13H,12H2,1-2H3,(H,22,24). The van der Waals surface area contributed by atoms with Gasteiger partial charge in [-0.2, -0.15) is 0 Å². The van der Waals surface area contributed by atoms with Crippen molar-refractivity contribution >= 4 is 17.6 Å². The highest BCUT2D eigenvalue weighted by Crippen LogP contribution is 2.16. The number of carbonyl (C=O) groups is 2. The van der Waals surface area contributed by atoms with Crippen LogP contribution in [0.25, 0.3) is 5.69 Å². The number of ether oxygens (including phenoxy) is 1. The second-order valence-electron chi connectivity index (χ2n) is 5.93. The molecule has 1 N–H and O–H groups in total. The first-order valence-corrected chi connectivity index (χ1v) is 8.16. The summed E-state index contributed by atoms with van der Waals surface area (Å²) in [6.07, 6.45) is 2.94. The summed E-state index contributed by atoms with van der Waals surface area (Å²) in [6.45, 7) is 3.52. The Bertz CT molecular complexity index is 932. The number of benzene rings is 2. The van der Waals surface area contributed by atoms with E-state index in [4.69, 9.17) is 4.74 Å². The number of imidazole rings is 1. The van der Waals surface area contributed by atoms with Crippen LogP contribution in [-0.2, 0) is 9.53 Å². The second kappa shape index (κ2) is 7.65. The summed E-state index contributed by atoms with van der Waals surface area (Å²) in [4.78, 5) is 28.4. The van der Waals surface area contributed by atoms with Gasteiger partial charge < -0.3 is 10.1 Å². The van der Waals surface area contributed by atoms with Crippen molar-refractivity contribution in [2.24, 2.45) is 0 Å². The molecule has 0 saturated carbocycles. The molecule has 0 aliphatic rings. The summed E-state index contributed by atoms with van der Waals surface area (Å²) >= 11 is 0. The molecule has 0 aliphatic heterocycles. The summed E-state index contributed by atoms with van der Waals surface area (Å²) in [5.41, 5.74) is 3.81. The molecule has 26 heavy (non-hydrogen) atoms. The number of esters is 1. The molecule has 3 aromatic rings. The van der Waals surface area contributed by atoms with Gasteiger partial charge in [-0.3, -0.25) is 9.36 Å². The molecule has 0 radical (unpaired) electrons. The number of rotatable bonds is 5. The lowest BCUT2D eigenvalue weighted by Gasteiger charge is -2.10. The fourth-order valence-corrected chi connectivity index (χ4v) is 2.59. The lowest BCUT2D eigenvalue weighted by Crippen LogP contribution is -2.22. The van der Waals surface area contributed by atoms with E-state index in [9.17, 15) is 9.59 Å². The number of anilines is 1. The molecule has 0 aliphatic carbocycles. The molecule has 132 valence electrons. The van der Waals surface area contributed by atoms with E-state index >= 15 is 0 Å². The number of amides is 1. The summed E-state index contributed by atoms with van der Waals surface area (Å²) in [7, 11) is 0. The summed E-state index contributed by atoms with van der Waals surface area (Å²) in [5, 5.41) is 2.75. The van der Waals surface area contributed by atoms with Gasteiger partial charge in [0, 0.05) is 11.4 Å². The van der Waals surface area contributed by atoms with Crippen molar-refractivity contribution in [3.05, 3.63) is 77.9 Å². The molecule has 1 amide bonds. The molecule has 0 unspecified atom stereocenters. The van der Waals surface area contributed by atoms with Crippen LogP contribution < -0.4 is 5.32 Å². The Hall–Kier alpha value is -3.41. The first kappa shape index (κ1) is 17.4. The monoisotopic (exact) mass is 349 g/mol. The minimum Gasteiger partial charge on any atom is -0.451 e. The molecule has 3 rings (SSSR count). The second-order valence-corrected chi connectivity index (χ2v) is 5.93. The van der Waals surface area contributed by atoms with E-state index in [-0.39, 0.29) is 12.3 Å². The number of hydrogen-bond acceptors (Lipinski definition) is 4. The Morgan fingerprint density at radius 2 is 1.88 bits per heavy atom. The van der Waals surface area contributed by atoms with Crippen LogP contribution >= 0.6 is 0 Å². The van der Waals surface area contributed by atoms with Crippen molar-refractivity contribution in [1.29, 1.82) is 0 Å². The van der Waals surface area contributed by atoms with E-state index in [0.717, 1.165) is 16.8 Å². The third-order valence-electron chi connectivity index (χ3n) is 3.87. The van der Waals surface area contributed by atoms with Gasteiger partial charge in [-0.15, -0.1) is 0 Å². The Balaban J connectivity index is 1.63. The molecular weight excluding hydrogens is 330 g/mol. The predicted molar refractivity (Wildman–Crippen MR) is 98.4 cm³/mol. The van der Waals surface area contributed by atoms with Gasteiger partial charge in [-0.05, 0) is 37.6 Å². The Morgan fingerprint density at radius 1 is 1.12 bits per heavy atom. The highest BCUT2D eigenvalue weighted by atomic mass is 16.5. The zero-order valence-electron chi connectivity index (χ0n) is 14.6. The fourth-order valence-electron chi connectivity index (χ4n) is 2.59. The number of carbonyl (C=O) groups excluding carboxylic acids is 2. The molecule has 0 saturated heterocycles. The van der Waals surface area contributed by atoms with Crippen LogP contribution in [0.15, 0.2) is 61.1 Å². The Morgan fingerprint density at radius 3 is 2.62 bits per heavy atom. The number of aryl methyl sites for hydroxylation is 2. The van der Waals surface area contributed by atoms with E-state index in [1.807, 2.05) is 62.4 Å². The normalized spacial score (nSPS) is 10.4. The van der Waals surface area contributed by atoms with Crippen LogP contribution in [0.4, 0.5) is 5.69 Å². The lowest BCUT2D eigenvalue weighted by molar-refractivity contribution is -0.119. The van der Waals surface area contributed by atoms with Crippen molar-refractivity contribution in [1.82, 2.24) is 9.55 Å². The zero-order valence-corrected chi connectivity index (χ0v) is 14.6. The van der Waals surface area contributed by atoms with Gasteiger partial charge in [0.05, 0.1) is 12.5 Å². The third kappa shape index (κ3) is 3.97. The van der Waals surface area contributed by atoms with Crippen molar-refractivity contribution < 1.29 is 14.3 Å². The van der Waals surface area contributed by atoms with Crippen LogP contribution in [0.5, 0.6) is 0 Å². The van der Waals surface area contributed by atoms with Crippen LogP contribution in [0.2, 0.25) is 0 Å². The van der Waals surface area contributed by atoms with Crippen LogP contribution in [0, 0.1) is 13.8 Å². The third-order valence-corrected chi connectivity index (χ3v) is 3.87. The summed E-state index contributed by atoms with van der Waals surface area (Å²) in [5.74, 6) is -1.00. The SMILES string of the molecule is Cc1ccc(NC(=O)COC(=O)c2cncn2-c2ccccc2)c(C)c1. The molecule has 6 nitrogen and oxygen atoms in total. The van der Waals surface area contributed by atoms with Gasteiger partial charge in [-0.25, -0.2) is 9.78 Å². The van der Waals surface area contributed by atoms with E-state index in [1.54, 1.807) is 4.57 Å². The van der Waals surface area contributed by atoms with Crippen molar-refractivity contribution in [2.75, 3.05) is 11.9 Å². The van der Waals surface area contributed by atoms with Gasteiger partial charge in [-0.1, -0.05) is 35.9 Å². The van der Waals surface area contributed by atoms with Gasteiger partial charge in [0.1, 0.15) is 0 Å². The van der Waals surface area contributed by atoms with Gasteiger partial charge in [0.2, 0.25) is 0 Å². The minimum atomic E-state index is -0.609. The molecule has 1 heterocycles. The number of aromatic nitrogens is 2. The van der Waals surface area contributed by atoms with Crippen molar-refractivity contribution in [2.45, 2.75) is 13.8 Å². The topological polar surface area (TPSA) is 73.2 Å². The molecule has 0 atom stereocenters. The first-order chi connectivity index (χ1) is 12.5. The smallest absolute Gasteiger partial charge is 0.357 e. The molecule has 0 fully saturated rings. The molecular formula is C20H19N3O3. The van der Waals surface area contributed by atoms with Gasteiger partial charge >= 0.3 is 5.97 Å². The number of nitrogens with zero attached hydrogens (tertiary/aromatic N) is 2. The minimum absolute atomic E-state index is 0.260. The predicted octanol–water partition coefficient (Wildman–Crippen LogP) is 3.28. The van der Waals surface area contributed by atoms with Crippen molar-refractivity contribution in [3.63, 3.8) is 0 Å². The molecule has 0 spiro atoms. The van der Waals surface area contributed by atoms with E-state index in [1.165, 1.54) is 12.5 Å². The lowest BCUT2D eigenvalue weighted by atomic mass is 10.1. The van der Waals surface area contributed by atoms with Crippen LogP contribution in [0.3, 0.4) is 0 Å². The summed E-state index contributed by atoms with van der Waals surface area (Å²) < 4.78 is 6.75. The zero-order chi connectivity index (χ0) is 18.5. The van der Waals surface area contributed by atoms with Crippen LogP contribution in [0.1, 0.15) is 21.6 Å². The number of para-hydroxylation sites is 1. The molecule has 1 aromatic heterocycles. The maximum Gasteiger partial charge on any atom is 0.357 e. The largest absolute Gasteiger partial charge is 0.451 e. The Labute approximate surface area is 151 Å². The van der Waals surface area contributed by atoms with E-state index in [2.05, 4.69) is 10.3 Å². The highest BCUT2D eigenvalue weighted by Gasteiger charge is 2.16. The van der Waals surface area contributed by atoms with E-state index < -0.39 is 11.9 Å². The van der Waals surface area contributed by atoms with E-state index in [0.29, 0.717) is 5.69 Å². The highest BCUT2D eigenvalue weighted by molar-refractivity contribution is 5.95. The fraction of sp³-hybridized carbons (Fsp3) is 0.150.